The second-order valence-electron chi connectivity index (χ2n) is 8.53. The third kappa shape index (κ3) is 5.22. The summed E-state index contributed by atoms with van der Waals surface area (Å²) in [6.45, 7) is 5.92. The number of esters is 1. The molecule has 1 aromatic heterocycles. The number of allylic oxidation sites excluding steroid dienone is 1. The quantitative estimate of drug-likeness (QED) is 0.391. The van der Waals surface area contributed by atoms with Gasteiger partial charge in [-0.15, -0.1) is 0 Å². The highest BCUT2D eigenvalue weighted by molar-refractivity contribution is 7.07. The second-order valence-corrected chi connectivity index (χ2v) is 9.97. The van der Waals surface area contributed by atoms with E-state index in [0.29, 0.717) is 43.4 Å². The monoisotopic (exact) mass is 540 g/mol. The minimum Gasteiger partial charge on any atom is -0.496 e. The lowest BCUT2D eigenvalue weighted by Gasteiger charge is -2.27. The molecule has 0 unspecified atom stereocenters. The van der Waals surface area contributed by atoms with Gasteiger partial charge >= 0.3 is 5.97 Å². The Hall–Kier alpha value is -3.36. The molecule has 194 valence electrons. The van der Waals surface area contributed by atoms with Gasteiger partial charge in [-0.05, 0) is 61.7 Å². The van der Waals surface area contributed by atoms with Gasteiger partial charge in [-0.3, -0.25) is 9.36 Å². The van der Waals surface area contributed by atoms with Gasteiger partial charge in [0.1, 0.15) is 17.5 Å². The van der Waals surface area contributed by atoms with Crippen molar-refractivity contribution in [1.29, 1.82) is 0 Å². The lowest BCUT2D eigenvalue weighted by molar-refractivity contribution is -0.139. The van der Waals surface area contributed by atoms with E-state index in [0.717, 1.165) is 23.3 Å². The summed E-state index contributed by atoms with van der Waals surface area (Å²) in [4.78, 5) is 32.5. The van der Waals surface area contributed by atoms with E-state index in [2.05, 4.69) is 0 Å². The van der Waals surface area contributed by atoms with Crippen molar-refractivity contribution in [1.82, 2.24) is 4.57 Å². The zero-order valence-corrected chi connectivity index (χ0v) is 23.0. The van der Waals surface area contributed by atoms with Crippen LogP contribution in [0, 0.1) is 6.92 Å². The predicted octanol–water partition coefficient (Wildman–Crippen LogP) is 4.56. The number of thiazole rings is 1. The molecule has 1 aliphatic heterocycles. The summed E-state index contributed by atoms with van der Waals surface area (Å²) < 4.78 is 18.6. The van der Waals surface area contributed by atoms with Crippen molar-refractivity contribution in [3.05, 3.63) is 89.1 Å². The van der Waals surface area contributed by atoms with Gasteiger partial charge < -0.3 is 14.2 Å². The van der Waals surface area contributed by atoms with Crippen LogP contribution < -0.4 is 24.4 Å². The number of halogens is 1. The fraction of sp³-hybridized carbons (Fsp3) is 0.321. The van der Waals surface area contributed by atoms with Gasteiger partial charge in [-0.1, -0.05) is 48.4 Å². The average molecular weight is 541 g/mol. The fourth-order valence-corrected chi connectivity index (χ4v) is 5.61. The number of hydrogen-bond acceptors (Lipinski definition) is 7. The first-order valence-corrected chi connectivity index (χ1v) is 13.2. The number of aryl methyl sites for hydroxylation is 1. The minimum atomic E-state index is -0.805. The molecule has 0 saturated carbocycles. The first-order chi connectivity index (χ1) is 17.8. The lowest BCUT2D eigenvalue weighted by Crippen LogP contribution is -2.40. The summed E-state index contributed by atoms with van der Waals surface area (Å²) in [7, 11) is 3.16. The summed E-state index contributed by atoms with van der Waals surface area (Å²) >= 11 is 7.66. The number of methoxy groups -OCH3 is 2. The second kappa shape index (κ2) is 11.4. The molecule has 7 nitrogen and oxygen atoms in total. The summed E-state index contributed by atoms with van der Waals surface area (Å²) in [6, 6.07) is 10.1. The van der Waals surface area contributed by atoms with Crippen LogP contribution in [0.15, 0.2) is 57.5 Å². The Kier molecular flexibility index (Phi) is 8.19. The number of ether oxygens (including phenoxy) is 3. The number of carbonyl (C=O) groups excluding carboxylic acids is 1. The first-order valence-electron chi connectivity index (χ1n) is 12.0. The molecule has 0 N–H and O–H groups in total. The molecule has 2 heterocycles. The maximum atomic E-state index is 13.9. The highest BCUT2D eigenvalue weighted by atomic mass is 35.5. The van der Waals surface area contributed by atoms with Crippen LogP contribution in [0.2, 0.25) is 5.02 Å². The van der Waals surface area contributed by atoms with E-state index in [1.165, 1.54) is 11.3 Å². The van der Waals surface area contributed by atoms with Crippen molar-refractivity contribution in [2.24, 2.45) is 4.99 Å². The standard InChI is InChI=1S/C28H29ClN2O5S/c1-6-8-20-24(27(33)36-7-2)25(19-15-18(29)11-12-21(19)34-4)31-26(32)23(37-28(31)30-20)14-17-10-9-16(3)22(13-17)35-5/h9-15,25H,6-8H2,1-5H3/b23-14+/t25-/m0/s1. The normalized spacial score (nSPS) is 15.3. The smallest absolute Gasteiger partial charge is 0.338 e. The van der Waals surface area contributed by atoms with Gasteiger partial charge in [0, 0.05) is 10.6 Å². The zero-order valence-electron chi connectivity index (χ0n) is 21.5. The fourth-order valence-electron chi connectivity index (χ4n) is 4.41. The number of rotatable bonds is 8. The van der Waals surface area contributed by atoms with E-state index in [9.17, 15) is 9.59 Å². The Morgan fingerprint density at radius 2 is 1.89 bits per heavy atom. The van der Waals surface area contributed by atoms with Crippen molar-refractivity contribution in [3.8, 4) is 11.5 Å². The molecule has 2 aromatic carbocycles. The van der Waals surface area contributed by atoms with E-state index >= 15 is 0 Å². The van der Waals surface area contributed by atoms with Crippen LogP contribution in [-0.2, 0) is 9.53 Å². The topological polar surface area (TPSA) is 79.1 Å². The summed E-state index contributed by atoms with van der Waals surface area (Å²) in [5.41, 5.74) is 3.05. The predicted molar refractivity (Wildman–Crippen MR) is 145 cm³/mol. The van der Waals surface area contributed by atoms with Crippen molar-refractivity contribution in [3.63, 3.8) is 0 Å². The van der Waals surface area contributed by atoms with Gasteiger partial charge in [0.15, 0.2) is 4.80 Å². The zero-order chi connectivity index (χ0) is 26.7. The molecule has 37 heavy (non-hydrogen) atoms. The Balaban J connectivity index is 2.04. The summed E-state index contributed by atoms with van der Waals surface area (Å²) in [6.07, 6.45) is 3.12. The Bertz CT molecular complexity index is 1550. The molecule has 0 radical (unpaired) electrons. The molecule has 0 spiro atoms. The number of hydrogen-bond donors (Lipinski definition) is 0. The van der Waals surface area contributed by atoms with Gasteiger partial charge in [-0.25, -0.2) is 9.79 Å². The van der Waals surface area contributed by atoms with Crippen molar-refractivity contribution >= 4 is 35.0 Å². The largest absolute Gasteiger partial charge is 0.496 e. The average Bonchev–Trinajstić information content (AvgIpc) is 3.19. The molecule has 0 aliphatic carbocycles. The highest BCUT2D eigenvalue weighted by Crippen LogP contribution is 2.38. The van der Waals surface area contributed by atoms with Crippen LogP contribution in [0.25, 0.3) is 6.08 Å². The third-order valence-electron chi connectivity index (χ3n) is 6.11. The van der Waals surface area contributed by atoms with E-state index in [-0.39, 0.29) is 12.2 Å². The number of nitrogens with zero attached hydrogens (tertiary/aromatic N) is 2. The van der Waals surface area contributed by atoms with E-state index < -0.39 is 12.0 Å². The SMILES string of the molecule is CCCC1=C(C(=O)OCC)[C@H](c2cc(Cl)ccc2OC)n2c(s/c(=C/c3ccc(C)c(OC)c3)c2=O)=N1. The molecule has 0 fully saturated rings. The van der Waals surface area contributed by atoms with E-state index in [1.54, 1.807) is 43.9 Å². The number of carbonyl (C=O) groups is 1. The van der Waals surface area contributed by atoms with Gasteiger partial charge in [-0.2, -0.15) is 0 Å². The van der Waals surface area contributed by atoms with Crippen LogP contribution in [0.5, 0.6) is 11.5 Å². The Labute approximate surface area is 224 Å². The van der Waals surface area contributed by atoms with Crippen LogP contribution in [0.4, 0.5) is 0 Å². The maximum absolute atomic E-state index is 13.9. The highest BCUT2D eigenvalue weighted by Gasteiger charge is 2.36. The van der Waals surface area contributed by atoms with Gasteiger partial charge in [0.2, 0.25) is 0 Å². The Morgan fingerprint density at radius 1 is 1.14 bits per heavy atom. The third-order valence-corrected chi connectivity index (χ3v) is 7.33. The first kappa shape index (κ1) is 26.7. The van der Waals surface area contributed by atoms with Crippen molar-refractivity contribution < 1.29 is 19.0 Å². The molecule has 0 bridgehead atoms. The molecule has 0 amide bonds. The van der Waals surface area contributed by atoms with Crippen LogP contribution >= 0.6 is 22.9 Å². The van der Waals surface area contributed by atoms with Crippen molar-refractivity contribution in [2.75, 3.05) is 20.8 Å². The van der Waals surface area contributed by atoms with Gasteiger partial charge in [0.05, 0.1) is 36.6 Å². The van der Waals surface area contributed by atoms with Crippen LogP contribution in [-0.4, -0.2) is 31.4 Å². The molecule has 1 atom stereocenters. The summed E-state index contributed by atoms with van der Waals surface area (Å²) in [5.74, 6) is 0.726. The molecule has 9 heteroatoms. The number of aromatic nitrogens is 1. The lowest BCUT2D eigenvalue weighted by atomic mass is 9.93. The van der Waals surface area contributed by atoms with Gasteiger partial charge in [0.25, 0.3) is 5.56 Å². The molecule has 3 aromatic rings. The minimum absolute atomic E-state index is 0.195. The number of fused-ring (bicyclic) bond motifs is 1. The molecule has 0 saturated heterocycles. The van der Waals surface area contributed by atoms with E-state index in [4.69, 9.17) is 30.8 Å². The maximum Gasteiger partial charge on any atom is 0.338 e. The number of benzene rings is 2. The Morgan fingerprint density at radius 3 is 2.57 bits per heavy atom. The summed E-state index contributed by atoms with van der Waals surface area (Å²) in [5, 5.41) is 0.460. The molecular weight excluding hydrogens is 512 g/mol. The molecule has 4 rings (SSSR count). The molecular formula is C28H29ClN2O5S. The van der Waals surface area contributed by atoms with Crippen LogP contribution in [0.1, 0.15) is 49.4 Å². The molecule has 1 aliphatic rings. The van der Waals surface area contributed by atoms with E-state index in [1.807, 2.05) is 38.1 Å². The van der Waals surface area contributed by atoms with Crippen LogP contribution in [0.3, 0.4) is 0 Å². The van der Waals surface area contributed by atoms with Crippen molar-refractivity contribution in [2.45, 2.75) is 39.7 Å².